The van der Waals surface area contributed by atoms with Gasteiger partial charge in [0.2, 0.25) is 0 Å². The molecule has 0 fully saturated rings. The van der Waals surface area contributed by atoms with Crippen LogP contribution in [0.1, 0.15) is 18.4 Å². The highest BCUT2D eigenvalue weighted by Gasteiger charge is 2.09. The zero-order chi connectivity index (χ0) is 13.0. The largest absolute Gasteiger partial charge is 0.481 e. The molecule has 2 rings (SSSR count). The highest BCUT2D eigenvalue weighted by Crippen LogP contribution is 2.22. The summed E-state index contributed by atoms with van der Waals surface area (Å²) in [4.78, 5) is 10.6. The zero-order valence-electron chi connectivity index (χ0n) is 10.2. The number of para-hydroxylation sites is 1. The Bertz CT molecular complexity index is 545. The minimum absolute atomic E-state index is 0.147. The van der Waals surface area contributed by atoms with Crippen LogP contribution in [-0.2, 0) is 17.8 Å². The van der Waals surface area contributed by atoms with Gasteiger partial charge in [0, 0.05) is 36.7 Å². The molecule has 2 N–H and O–H groups in total. The highest BCUT2D eigenvalue weighted by molar-refractivity contribution is 5.84. The molecule has 2 aromatic rings. The number of benzene rings is 1. The summed E-state index contributed by atoms with van der Waals surface area (Å²) >= 11 is 0. The van der Waals surface area contributed by atoms with Crippen molar-refractivity contribution in [2.45, 2.75) is 25.8 Å². The summed E-state index contributed by atoms with van der Waals surface area (Å²) in [6, 6.07) is 7.97. The molecule has 1 aromatic carbocycles. The van der Waals surface area contributed by atoms with E-state index in [1.807, 2.05) is 30.5 Å². The minimum atomic E-state index is -0.776. The van der Waals surface area contributed by atoms with Gasteiger partial charge < -0.3 is 14.8 Å². The summed E-state index contributed by atoms with van der Waals surface area (Å²) in [5, 5.41) is 18.8. The fraction of sp³-hybridized carbons (Fsp3) is 0.357. The van der Waals surface area contributed by atoms with E-state index in [4.69, 9.17) is 10.2 Å². The lowest BCUT2D eigenvalue weighted by atomic mass is 10.1. The number of hydrogen-bond acceptors (Lipinski definition) is 2. The Balaban J connectivity index is 2.31. The lowest BCUT2D eigenvalue weighted by Gasteiger charge is -2.02. The Labute approximate surface area is 105 Å². The molecule has 0 spiro atoms. The van der Waals surface area contributed by atoms with E-state index in [2.05, 4.69) is 4.57 Å². The number of rotatable bonds is 6. The molecule has 1 heterocycles. The smallest absolute Gasteiger partial charge is 0.303 e. The molecule has 0 atom stereocenters. The number of fused-ring (bicyclic) bond motifs is 1. The number of aliphatic carboxylic acids is 1. The van der Waals surface area contributed by atoms with Crippen LogP contribution in [0.4, 0.5) is 0 Å². The van der Waals surface area contributed by atoms with Crippen LogP contribution < -0.4 is 0 Å². The summed E-state index contributed by atoms with van der Waals surface area (Å²) in [5.41, 5.74) is 2.16. The molecule has 0 bridgehead atoms. The van der Waals surface area contributed by atoms with Gasteiger partial charge in [0.05, 0.1) is 0 Å². The number of aliphatic hydroxyl groups excluding tert-OH is 1. The molecule has 0 aliphatic rings. The van der Waals surface area contributed by atoms with Crippen LogP contribution in [0.5, 0.6) is 0 Å². The first kappa shape index (κ1) is 12.6. The first-order chi connectivity index (χ1) is 8.72. The van der Waals surface area contributed by atoms with Crippen LogP contribution >= 0.6 is 0 Å². The monoisotopic (exact) mass is 247 g/mol. The predicted octanol–water partition coefficient (Wildman–Crippen LogP) is 2.04. The fourth-order valence-electron chi connectivity index (χ4n) is 2.19. The Morgan fingerprint density at radius 3 is 2.78 bits per heavy atom. The summed E-state index contributed by atoms with van der Waals surface area (Å²) in [7, 11) is 0. The van der Waals surface area contributed by atoms with Gasteiger partial charge in [-0.05, 0) is 24.5 Å². The summed E-state index contributed by atoms with van der Waals surface area (Å²) in [5.74, 6) is -0.776. The van der Waals surface area contributed by atoms with Crippen LogP contribution in [0.15, 0.2) is 30.5 Å². The van der Waals surface area contributed by atoms with Crippen LogP contribution in [0, 0.1) is 0 Å². The molecular weight excluding hydrogens is 230 g/mol. The van der Waals surface area contributed by atoms with Gasteiger partial charge in [0.15, 0.2) is 0 Å². The van der Waals surface area contributed by atoms with Crippen LogP contribution in [-0.4, -0.2) is 27.4 Å². The minimum Gasteiger partial charge on any atom is -0.481 e. The molecule has 1 aromatic heterocycles. The standard InChI is InChI=1S/C14H17NO3/c16-9-3-8-15-10-11(6-7-14(17)18)12-4-1-2-5-13(12)15/h1-2,4-5,10,16H,3,6-9H2,(H,17,18). The van der Waals surface area contributed by atoms with E-state index in [0.29, 0.717) is 12.8 Å². The number of aliphatic hydroxyl groups is 1. The van der Waals surface area contributed by atoms with Gasteiger partial charge in [-0.2, -0.15) is 0 Å². The number of aromatic nitrogens is 1. The van der Waals surface area contributed by atoms with Gasteiger partial charge in [-0.3, -0.25) is 4.79 Å². The Hall–Kier alpha value is -1.81. The molecule has 0 radical (unpaired) electrons. The van der Waals surface area contributed by atoms with E-state index in [9.17, 15) is 4.79 Å². The number of carbonyl (C=O) groups is 1. The topological polar surface area (TPSA) is 62.5 Å². The van der Waals surface area contributed by atoms with Crippen LogP contribution in [0.25, 0.3) is 10.9 Å². The lowest BCUT2D eigenvalue weighted by molar-refractivity contribution is -0.136. The number of aryl methyl sites for hydroxylation is 2. The number of carboxylic acids is 1. The SMILES string of the molecule is O=C(O)CCc1cn(CCCO)c2ccccc12. The predicted molar refractivity (Wildman–Crippen MR) is 69.6 cm³/mol. The van der Waals surface area contributed by atoms with Gasteiger partial charge in [-0.1, -0.05) is 18.2 Å². The molecule has 4 nitrogen and oxygen atoms in total. The molecule has 18 heavy (non-hydrogen) atoms. The average molecular weight is 247 g/mol. The third-order valence-electron chi connectivity index (χ3n) is 3.04. The van der Waals surface area contributed by atoms with Crippen LogP contribution in [0.2, 0.25) is 0 Å². The quantitative estimate of drug-likeness (QED) is 0.821. The molecule has 4 heteroatoms. The van der Waals surface area contributed by atoms with E-state index in [1.54, 1.807) is 0 Å². The van der Waals surface area contributed by atoms with Gasteiger partial charge in [-0.25, -0.2) is 0 Å². The average Bonchev–Trinajstić information content (AvgIpc) is 2.72. The Morgan fingerprint density at radius 1 is 1.28 bits per heavy atom. The van der Waals surface area contributed by atoms with E-state index < -0.39 is 5.97 Å². The maximum absolute atomic E-state index is 10.6. The molecule has 0 saturated heterocycles. The normalized spacial score (nSPS) is 10.9. The van der Waals surface area contributed by atoms with Crippen molar-refractivity contribution in [1.82, 2.24) is 4.57 Å². The van der Waals surface area contributed by atoms with Crippen molar-refractivity contribution >= 4 is 16.9 Å². The fourth-order valence-corrected chi connectivity index (χ4v) is 2.19. The van der Waals surface area contributed by atoms with Crippen molar-refractivity contribution in [3.63, 3.8) is 0 Å². The third kappa shape index (κ3) is 2.71. The van der Waals surface area contributed by atoms with E-state index >= 15 is 0 Å². The molecule has 0 unspecified atom stereocenters. The van der Waals surface area contributed by atoms with Gasteiger partial charge in [-0.15, -0.1) is 0 Å². The molecule has 0 amide bonds. The molecule has 0 aliphatic heterocycles. The molecule has 0 aliphatic carbocycles. The summed E-state index contributed by atoms with van der Waals surface area (Å²) in [6.07, 6.45) is 3.40. The Kier molecular flexibility index (Phi) is 3.99. The number of carboxylic acid groups (broad SMARTS) is 1. The molecular formula is C14H17NO3. The summed E-state index contributed by atoms with van der Waals surface area (Å²) in [6.45, 7) is 0.918. The molecule has 96 valence electrons. The number of nitrogens with zero attached hydrogens (tertiary/aromatic N) is 1. The zero-order valence-corrected chi connectivity index (χ0v) is 10.2. The van der Waals surface area contributed by atoms with Crippen molar-refractivity contribution in [3.05, 3.63) is 36.0 Å². The maximum atomic E-state index is 10.6. The highest BCUT2D eigenvalue weighted by atomic mass is 16.4. The van der Waals surface area contributed by atoms with E-state index in [1.165, 1.54) is 0 Å². The Morgan fingerprint density at radius 2 is 2.06 bits per heavy atom. The lowest BCUT2D eigenvalue weighted by Crippen LogP contribution is -1.99. The van der Waals surface area contributed by atoms with Gasteiger partial charge >= 0.3 is 5.97 Å². The number of hydrogen-bond donors (Lipinski definition) is 2. The van der Waals surface area contributed by atoms with Crippen molar-refractivity contribution in [1.29, 1.82) is 0 Å². The first-order valence-electron chi connectivity index (χ1n) is 6.12. The van der Waals surface area contributed by atoms with Crippen molar-refractivity contribution < 1.29 is 15.0 Å². The van der Waals surface area contributed by atoms with Crippen molar-refractivity contribution in [2.75, 3.05) is 6.61 Å². The second kappa shape index (κ2) is 5.69. The van der Waals surface area contributed by atoms with Crippen LogP contribution in [0.3, 0.4) is 0 Å². The second-order valence-corrected chi connectivity index (χ2v) is 4.34. The summed E-state index contributed by atoms with van der Waals surface area (Å²) < 4.78 is 2.09. The van der Waals surface area contributed by atoms with Gasteiger partial charge in [0.25, 0.3) is 0 Å². The van der Waals surface area contributed by atoms with Crippen molar-refractivity contribution in [2.24, 2.45) is 0 Å². The molecule has 0 saturated carbocycles. The van der Waals surface area contributed by atoms with E-state index in [0.717, 1.165) is 23.0 Å². The van der Waals surface area contributed by atoms with Crippen molar-refractivity contribution in [3.8, 4) is 0 Å². The first-order valence-corrected chi connectivity index (χ1v) is 6.12. The van der Waals surface area contributed by atoms with E-state index in [-0.39, 0.29) is 13.0 Å². The third-order valence-corrected chi connectivity index (χ3v) is 3.04. The maximum Gasteiger partial charge on any atom is 0.303 e. The van der Waals surface area contributed by atoms with Gasteiger partial charge in [0.1, 0.15) is 0 Å². The second-order valence-electron chi connectivity index (χ2n) is 4.34.